The van der Waals surface area contributed by atoms with E-state index in [1.165, 1.54) is 54.2 Å². The number of hydrogen-bond donors (Lipinski definition) is 0. The van der Waals surface area contributed by atoms with Crippen LogP contribution in [0.15, 0.2) is 109 Å². The summed E-state index contributed by atoms with van der Waals surface area (Å²) in [5, 5.41) is 10.4. The summed E-state index contributed by atoms with van der Waals surface area (Å²) >= 11 is 0. The van der Waals surface area contributed by atoms with Crippen LogP contribution in [0.1, 0.15) is 0 Å². The predicted molar refractivity (Wildman–Crippen MR) is 122 cm³/mol. The first kappa shape index (κ1) is 15.4. The van der Waals surface area contributed by atoms with Gasteiger partial charge in [-0.15, -0.1) is 0 Å². The highest BCUT2D eigenvalue weighted by atomic mass is 14.1. The fraction of sp³-hybridized carbons (Fsp3) is 0. The van der Waals surface area contributed by atoms with Crippen molar-refractivity contribution in [2.45, 2.75) is 0 Å². The van der Waals surface area contributed by atoms with Crippen molar-refractivity contribution >= 4 is 43.1 Å². The molecule has 28 heavy (non-hydrogen) atoms. The Morgan fingerprint density at radius 1 is 0.286 bits per heavy atom. The molecule has 130 valence electrons. The molecule has 6 aromatic carbocycles. The van der Waals surface area contributed by atoms with Gasteiger partial charge in [0.25, 0.3) is 0 Å². The van der Waals surface area contributed by atoms with Gasteiger partial charge in [0.05, 0.1) is 0 Å². The Labute approximate surface area is 163 Å². The van der Waals surface area contributed by atoms with Gasteiger partial charge in [0.2, 0.25) is 0 Å². The molecule has 0 saturated carbocycles. The molecule has 0 nitrogen and oxygen atoms in total. The number of rotatable bonds is 1. The summed E-state index contributed by atoms with van der Waals surface area (Å²) < 4.78 is 0. The molecule has 0 N–H and O–H groups in total. The minimum absolute atomic E-state index is 1.28. The van der Waals surface area contributed by atoms with E-state index in [4.69, 9.17) is 0 Å². The van der Waals surface area contributed by atoms with Crippen molar-refractivity contribution in [2.75, 3.05) is 0 Å². The molecule has 0 spiro atoms. The summed E-state index contributed by atoms with van der Waals surface area (Å²) in [4.78, 5) is 0. The van der Waals surface area contributed by atoms with Gasteiger partial charge < -0.3 is 0 Å². The van der Waals surface area contributed by atoms with Gasteiger partial charge in [-0.2, -0.15) is 0 Å². The van der Waals surface area contributed by atoms with Gasteiger partial charge in [0, 0.05) is 0 Å². The predicted octanol–water partition coefficient (Wildman–Crippen LogP) is 7.97. The van der Waals surface area contributed by atoms with Crippen molar-refractivity contribution in [1.82, 2.24) is 0 Å². The third-order valence-corrected chi connectivity index (χ3v) is 5.82. The van der Waals surface area contributed by atoms with Crippen LogP contribution in [-0.2, 0) is 0 Å². The minimum atomic E-state index is 1.28. The van der Waals surface area contributed by atoms with Crippen LogP contribution in [0.4, 0.5) is 0 Å². The van der Waals surface area contributed by atoms with Gasteiger partial charge in [-0.05, 0) is 66.3 Å². The van der Waals surface area contributed by atoms with Crippen LogP contribution in [0.3, 0.4) is 0 Å². The van der Waals surface area contributed by atoms with Crippen molar-refractivity contribution in [3.63, 3.8) is 0 Å². The van der Waals surface area contributed by atoms with E-state index >= 15 is 0 Å². The molecule has 0 heterocycles. The second-order valence-corrected chi connectivity index (χ2v) is 7.41. The van der Waals surface area contributed by atoms with E-state index in [1.807, 2.05) is 0 Å². The molecule has 6 rings (SSSR count). The van der Waals surface area contributed by atoms with E-state index < -0.39 is 0 Å². The van der Waals surface area contributed by atoms with E-state index in [0.717, 1.165) is 0 Å². The smallest absolute Gasteiger partial charge is 0.00988 e. The van der Waals surface area contributed by atoms with E-state index in [1.54, 1.807) is 0 Å². The highest BCUT2D eigenvalue weighted by Gasteiger charge is 2.09. The molecule has 0 unspecified atom stereocenters. The van der Waals surface area contributed by atoms with Crippen LogP contribution in [0.25, 0.3) is 54.2 Å². The van der Waals surface area contributed by atoms with Crippen molar-refractivity contribution in [2.24, 2.45) is 0 Å². The molecule has 0 aliphatic rings. The Bertz CT molecular complexity index is 1500. The largest absolute Gasteiger partial charge is 0.0616 e. The molecule has 0 aliphatic carbocycles. The summed E-state index contributed by atoms with van der Waals surface area (Å²) in [6.45, 7) is 0. The second kappa shape index (κ2) is 5.94. The molecular formula is C28H18. The maximum absolute atomic E-state index is 2.36. The quantitative estimate of drug-likeness (QED) is 0.207. The van der Waals surface area contributed by atoms with Crippen LogP contribution >= 0.6 is 0 Å². The first-order valence-electron chi connectivity index (χ1n) is 9.71. The second-order valence-electron chi connectivity index (χ2n) is 7.41. The molecule has 0 radical (unpaired) electrons. The lowest BCUT2D eigenvalue weighted by Crippen LogP contribution is -1.85. The maximum atomic E-state index is 2.36. The molecular weight excluding hydrogens is 336 g/mol. The van der Waals surface area contributed by atoms with Gasteiger partial charge in [-0.3, -0.25) is 0 Å². The molecule has 0 heteroatoms. The lowest BCUT2D eigenvalue weighted by atomic mass is 9.91. The van der Waals surface area contributed by atoms with E-state index in [2.05, 4.69) is 109 Å². The van der Waals surface area contributed by atoms with Gasteiger partial charge in [-0.1, -0.05) is 97.1 Å². The Balaban J connectivity index is 1.72. The molecule has 0 fully saturated rings. The fourth-order valence-electron chi connectivity index (χ4n) is 4.48. The average Bonchev–Trinajstić information content (AvgIpc) is 2.77. The summed E-state index contributed by atoms with van der Waals surface area (Å²) in [6.07, 6.45) is 0. The molecule has 0 bridgehead atoms. The van der Waals surface area contributed by atoms with Crippen LogP contribution in [0, 0.1) is 0 Å². The summed E-state index contributed by atoms with van der Waals surface area (Å²) in [5.41, 5.74) is 2.59. The topological polar surface area (TPSA) is 0 Å². The van der Waals surface area contributed by atoms with Gasteiger partial charge in [-0.25, -0.2) is 0 Å². The summed E-state index contributed by atoms with van der Waals surface area (Å²) in [6, 6.07) is 39.7. The van der Waals surface area contributed by atoms with Crippen molar-refractivity contribution in [3.8, 4) is 11.1 Å². The van der Waals surface area contributed by atoms with Crippen molar-refractivity contribution < 1.29 is 0 Å². The number of benzene rings is 6. The first-order valence-corrected chi connectivity index (χ1v) is 9.71. The standard InChI is InChI=1S/C28H18/c1-3-11-23-19(7-1)9-5-13-25(23)26-14-6-10-21-17-27-22(18-28(21)26)16-15-20-8-2-4-12-24(20)27/h1-18H. The van der Waals surface area contributed by atoms with Crippen LogP contribution < -0.4 is 0 Å². The van der Waals surface area contributed by atoms with Crippen LogP contribution in [0.2, 0.25) is 0 Å². The van der Waals surface area contributed by atoms with Crippen molar-refractivity contribution in [3.05, 3.63) is 109 Å². The minimum Gasteiger partial charge on any atom is -0.0616 e. The Kier molecular flexibility index (Phi) is 3.27. The molecule has 0 aliphatic heterocycles. The Hall–Kier alpha value is -3.64. The fourth-order valence-corrected chi connectivity index (χ4v) is 4.48. The third kappa shape index (κ3) is 2.25. The average molecular weight is 354 g/mol. The van der Waals surface area contributed by atoms with Gasteiger partial charge in [0.15, 0.2) is 0 Å². The molecule has 0 amide bonds. The number of fused-ring (bicyclic) bond motifs is 5. The SMILES string of the molecule is c1ccc2c(-c3cccc4cc5c(ccc6ccccc65)cc34)cccc2c1. The Morgan fingerprint density at radius 2 is 0.786 bits per heavy atom. The van der Waals surface area contributed by atoms with E-state index in [-0.39, 0.29) is 0 Å². The maximum Gasteiger partial charge on any atom is -0.00988 e. The van der Waals surface area contributed by atoms with Crippen molar-refractivity contribution in [1.29, 1.82) is 0 Å². The highest BCUT2D eigenvalue weighted by molar-refractivity contribution is 6.15. The Morgan fingerprint density at radius 3 is 1.61 bits per heavy atom. The van der Waals surface area contributed by atoms with E-state index in [0.29, 0.717) is 0 Å². The van der Waals surface area contributed by atoms with Gasteiger partial charge >= 0.3 is 0 Å². The number of hydrogen-bond acceptors (Lipinski definition) is 0. The summed E-state index contributed by atoms with van der Waals surface area (Å²) in [7, 11) is 0. The molecule has 0 aromatic heterocycles. The normalized spacial score (nSPS) is 11.6. The van der Waals surface area contributed by atoms with E-state index in [9.17, 15) is 0 Å². The van der Waals surface area contributed by atoms with Crippen LogP contribution in [0.5, 0.6) is 0 Å². The molecule has 6 aromatic rings. The zero-order valence-corrected chi connectivity index (χ0v) is 15.4. The van der Waals surface area contributed by atoms with Gasteiger partial charge in [0.1, 0.15) is 0 Å². The summed E-state index contributed by atoms with van der Waals surface area (Å²) in [5.74, 6) is 0. The zero-order valence-electron chi connectivity index (χ0n) is 15.4. The first-order chi connectivity index (χ1) is 13.9. The molecule has 0 saturated heterocycles. The third-order valence-electron chi connectivity index (χ3n) is 5.82. The zero-order chi connectivity index (χ0) is 18.5. The lowest BCUT2D eigenvalue weighted by Gasteiger charge is -2.12. The highest BCUT2D eigenvalue weighted by Crippen LogP contribution is 2.37. The van der Waals surface area contributed by atoms with Crippen LogP contribution in [-0.4, -0.2) is 0 Å². The molecule has 0 atom stereocenters. The monoisotopic (exact) mass is 354 g/mol. The lowest BCUT2D eigenvalue weighted by molar-refractivity contribution is 1.69.